The lowest BCUT2D eigenvalue weighted by Crippen LogP contribution is -2.51. The standard InChI is InChI=1S/C21H28N6O/c1-2-25-13-15-27(16-14-25)21(28)18-7-11-26(12-8-18)20-4-3-19(23-24-20)17-5-9-22-10-6-17/h3-6,9-10,18H,2,7-8,11-16H2,1H3. The molecule has 2 aromatic heterocycles. The van der Waals surface area contributed by atoms with Gasteiger partial charge in [0.15, 0.2) is 5.82 Å². The molecule has 0 aromatic carbocycles. The molecule has 28 heavy (non-hydrogen) atoms. The third-order valence-corrected chi connectivity index (χ3v) is 5.93. The summed E-state index contributed by atoms with van der Waals surface area (Å²) in [5.74, 6) is 1.38. The molecule has 0 atom stereocenters. The van der Waals surface area contributed by atoms with E-state index in [2.05, 4.69) is 36.8 Å². The number of likely N-dealkylation sites (N-methyl/N-ethyl adjacent to an activating group) is 1. The van der Waals surface area contributed by atoms with Crippen molar-refractivity contribution >= 4 is 11.7 Å². The van der Waals surface area contributed by atoms with Gasteiger partial charge >= 0.3 is 0 Å². The van der Waals surface area contributed by atoms with Crippen LogP contribution in [0.15, 0.2) is 36.7 Å². The minimum absolute atomic E-state index is 0.147. The lowest BCUT2D eigenvalue weighted by molar-refractivity contribution is -0.137. The molecule has 4 heterocycles. The van der Waals surface area contributed by atoms with Crippen molar-refractivity contribution in [3.05, 3.63) is 36.7 Å². The predicted octanol–water partition coefficient (Wildman–Crippen LogP) is 1.92. The number of hydrogen-bond acceptors (Lipinski definition) is 6. The number of pyridine rings is 1. The summed E-state index contributed by atoms with van der Waals surface area (Å²) >= 11 is 0. The molecule has 0 saturated carbocycles. The smallest absolute Gasteiger partial charge is 0.225 e. The number of carbonyl (C=O) groups excluding carboxylic acids is 1. The first kappa shape index (κ1) is 18.8. The van der Waals surface area contributed by atoms with E-state index < -0.39 is 0 Å². The van der Waals surface area contributed by atoms with E-state index in [0.717, 1.165) is 75.7 Å². The van der Waals surface area contributed by atoms with Crippen LogP contribution in [0.4, 0.5) is 5.82 Å². The zero-order chi connectivity index (χ0) is 19.3. The van der Waals surface area contributed by atoms with Gasteiger partial charge in [0.25, 0.3) is 0 Å². The second kappa shape index (κ2) is 8.65. The Hall–Kier alpha value is -2.54. The van der Waals surface area contributed by atoms with E-state index >= 15 is 0 Å². The number of piperidine rings is 1. The number of amides is 1. The lowest BCUT2D eigenvalue weighted by Gasteiger charge is -2.38. The summed E-state index contributed by atoms with van der Waals surface area (Å²) in [6.45, 7) is 8.70. The summed E-state index contributed by atoms with van der Waals surface area (Å²) in [7, 11) is 0. The first-order valence-electron chi connectivity index (χ1n) is 10.2. The van der Waals surface area contributed by atoms with Gasteiger partial charge in [0.1, 0.15) is 0 Å². The molecule has 0 radical (unpaired) electrons. The van der Waals surface area contributed by atoms with E-state index in [1.54, 1.807) is 12.4 Å². The Labute approximate surface area is 166 Å². The minimum Gasteiger partial charge on any atom is -0.355 e. The summed E-state index contributed by atoms with van der Waals surface area (Å²) in [4.78, 5) is 23.6. The minimum atomic E-state index is 0.147. The molecule has 148 valence electrons. The number of rotatable bonds is 4. The average Bonchev–Trinajstić information content (AvgIpc) is 2.79. The van der Waals surface area contributed by atoms with Crippen molar-refractivity contribution in [3.8, 4) is 11.3 Å². The second-order valence-electron chi connectivity index (χ2n) is 7.53. The molecule has 0 unspecified atom stereocenters. The molecule has 0 N–H and O–H groups in total. The van der Waals surface area contributed by atoms with Crippen molar-refractivity contribution in [3.63, 3.8) is 0 Å². The average molecular weight is 380 g/mol. The SMILES string of the molecule is CCN1CCN(C(=O)C2CCN(c3ccc(-c4ccncc4)nn3)CC2)CC1. The molecule has 4 rings (SSSR count). The summed E-state index contributed by atoms with van der Waals surface area (Å²) in [5.41, 5.74) is 1.86. The predicted molar refractivity (Wildman–Crippen MR) is 109 cm³/mol. The van der Waals surface area contributed by atoms with Crippen molar-refractivity contribution in [2.45, 2.75) is 19.8 Å². The highest BCUT2D eigenvalue weighted by Crippen LogP contribution is 2.25. The van der Waals surface area contributed by atoms with Crippen LogP contribution in [0.5, 0.6) is 0 Å². The number of piperazine rings is 1. The normalized spacial score (nSPS) is 19.0. The largest absolute Gasteiger partial charge is 0.355 e. The van der Waals surface area contributed by atoms with Gasteiger partial charge in [-0.1, -0.05) is 6.92 Å². The van der Waals surface area contributed by atoms with Crippen molar-refractivity contribution in [2.75, 3.05) is 50.7 Å². The molecule has 7 heteroatoms. The molecular formula is C21H28N6O. The van der Waals surface area contributed by atoms with Gasteiger partial charge in [-0.3, -0.25) is 9.78 Å². The second-order valence-corrected chi connectivity index (χ2v) is 7.53. The number of aromatic nitrogens is 3. The van der Waals surface area contributed by atoms with Gasteiger partial charge in [-0.2, -0.15) is 0 Å². The fraction of sp³-hybridized carbons (Fsp3) is 0.524. The van der Waals surface area contributed by atoms with Gasteiger partial charge in [-0.05, 0) is 43.7 Å². The molecule has 0 aliphatic carbocycles. The maximum absolute atomic E-state index is 12.8. The Morgan fingerprint density at radius 2 is 1.68 bits per heavy atom. The van der Waals surface area contributed by atoms with Crippen LogP contribution in [0, 0.1) is 5.92 Å². The Bertz CT molecular complexity index is 765. The fourth-order valence-electron chi connectivity index (χ4n) is 4.07. The molecule has 2 fully saturated rings. The highest BCUT2D eigenvalue weighted by molar-refractivity contribution is 5.79. The van der Waals surface area contributed by atoms with Crippen LogP contribution < -0.4 is 4.90 Å². The number of carbonyl (C=O) groups is 1. The Morgan fingerprint density at radius 1 is 0.964 bits per heavy atom. The van der Waals surface area contributed by atoms with Crippen LogP contribution in [0.3, 0.4) is 0 Å². The first-order valence-corrected chi connectivity index (χ1v) is 10.2. The maximum atomic E-state index is 12.8. The van der Waals surface area contributed by atoms with Gasteiger partial charge in [-0.25, -0.2) is 0 Å². The van der Waals surface area contributed by atoms with Crippen molar-refractivity contribution < 1.29 is 4.79 Å². The van der Waals surface area contributed by atoms with Gasteiger partial charge in [0.05, 0.1) is 5.69 Å². The Balaban J connectivity index is 1.31. The quantitative estimate of drug-likeness (QED) is 0.807. The van der Waals surface area contributed by atoms with Crippen LogP contribution in [0.25, 0.3) is 11.3 Å². The van der Waals surface area contributed by atoms with E-state index in [1.807, 2.05) is 24.3 Å². The van der Waals surface area contributed by atoms with Gasteiger partial charge in [0, 0.05) is 63.1 Å². The molecule has 2 aliphatic rings. The van der Waals surface area contributed by atoms with Gasteiger partial charge < -0.3 is 14.7 Å². The summed E-state index contributed by atoms with van der Waals surface area (Å²) < 4.78 is 0. The zero-order valence-corrected chi connectivity index (χ0v) is 16.5. The third kappa shape index (κ3) is 4.14. The summed E-state index contributed by atoms with van der Waals surface area (Å²) in [5, 5.41) is 8.78. The van der Waals surface area contributed by atoms with Gasteiger partial charge in [-0.15, -0.1) is 10.2 Å². The maximum Gasteiger partial charge on any atom is 0.225 e. The highest BCUT2D eigenvalue weighted by atomic mass is 16.2. The van der Waals surface area contributed by atoms with E-state index in [4.69, 9.17) is 0 Å². The molecule has 2 saturated heterocycles. The molecule has 2 aliphatic heterocycles. The first-order chi connectivity index (χ1) is 13.7. The zero-order valence-electron chi connectivity index (χ0n) is 16.5. The fourth-order valence-corrected chi connectivity index (χ4v) is 4.07. The van der Waals surface area contributed by atoms with Crippen molar-refractivity contribution in [1.29, 1.82) is 0 Å². The lowest BCUT2D eigenvalue weighted by atomic mass is 9.95. The highest BCUT2D eigenvalue weighted by Gasteiger charge is 2.30. The molecule has 0 spiro atoms. The number of nitrogens with zero attached hydrogens (tertiary/aromatic N) is 6. The number of hydrogen-bond donors (Lipinski definition) is 0. The molecular weight excluding hydrogens is 352 g/mol. The molecule has 0 bridgehead atoms. The van der Waals surface area contributed by atoms with Crippen molar-refractivity contribution in [2.24, 2.45) is 5.92 Å². The molecule has 7 nitrogen and oxygen atoms in total. The van der Waals surface area contributed by atoms with Crippen LogP contribution in [-0.2, 0) is 4.79 Å². The van der Waals surface area contributed by atoms with Crippen LogP contribution in [0.1, 0.15) is 19.8 Å². The van der Waals surface area contributed by atoms with Crippen molar-refractivity contribution in [1.82, 2.24) is 25.0 Å². The Kier molecular flexibility index (Phi) is 5.81. The summed E-state index contributed by atoms with van der Waals surface area (Å²) in [6, 6.07) is 7.89. The van der Waals surface area contributed by atoms with Gasteiger partial charge in [0.2, 0.25) is 5.91 Å². The van der Waals surface area contributed by atoms with E-state index in [9.17, 15) is 4.79 Å². The van der Waals surface area contributed by atoms with Crippen LogP contribution in [-0.4, -0.2) is 76.7 Å². The van der Waals surface area contributed by atoms with E-state index in [-0.39, 0.29) is 5.92 Å². The Morgan fingerprint density at radius 3 is 2.29 bits per heavy atom. The van der Waals surface area contributed by atoms with E-state index in [0.29, 0.717) is 5.91 Å². The topological polar surface area (TPSA) is 65.5 Å². The molecule has 1 amide bonds. The summed E-state index contributed by atoms with van der Waals surface area (Å²) in [6.07, 6.45) is 5.30. The number of anilines is 1. The van der Waals surface area contributed by atoms with Crippen LogP contribution >= 0.6 is 0 Å². The van der Waals surface area contributed by atoms with E-state index in [1.165, 1.54) is 0 Å². The third-order valence-electron chi connectivity index (χ3n) is 5.93. The molecule has 2 aromatic rings. The van der Waals surface area contributed by atoms with Crippen LogP contribution in [0.2, 0.25) is 0 Å². The monoisotopic (exact) mass is 380 g/mol.